The van der Waals surface area contributed by atoms with E-state index in [-0.39, 0.29) is 5.92 Å². The molecule has 1 aliphatic rings. The van der Waals surface area contributed by atoms with Gasteiger partial charge in [0.15, 0.2) is 11.7 Å². The van der Waals surface area contributed by atoms with Gasteiger partial charge in [-0.1, -0.05) is 32.4 Å². The zero-order valence-electron chi connectivity index (χ0n) is 15.3. The molecular weight excluding hydrogens is 328 g/mol. The number of aromatic nitrogens is 2. The molecule has 1 saturated heterocycles. The molecule has 26 heavy (non-hydrogen) atoms. The lowest BCUT2D eigenvalue weighted by atomic mass is 10.1. The van der Waals surface area contributed by atoms with Crippen molar-refractivity contribution in [3.05, 3.63) is 30.0 Å². The molecule has 2 aromatic rings. The Kier molecular flexibility index (Phi) is 5.67. The van der Waals surface area contributed by atoms with Crippen LogP contribution in [0.25, 0.3) is 11.0 Å². The highest BCUT2D eigenvalue weighted by molar-refractivity contribution is 5.85. The van der Waals surface area contributed by atoms with Gasteiger partial charge in [0, 0.05) is 13.1 Å². The summed E-state index contributed by atoms with van der Waals surface area (Å²) in [6.07, 6.45) is 3.06. The van der Waals surface area contributed by atoms with Crippen LogP contribution in [0.4, 0.5) is 5.82 Å². The van der Waals surface area contributed by atoms with Crippen LogP contribution in [0.5, 0.6) is 0 Å². The SMILES string of the molecule is CC[C@H](C)COC(=O)[C@H](C#N)c1nc2ccccc2nc1N1CCCC1. The quantitative estimate of drug-likeness (QED) is 0.741. The van der Waals surface area contributed by atoms with Crippen molar-refractivity contribution < 1.29 is 9.53 Å². The van der Waals surface area contributed by atoms with Crippen molar-refractivity contribution in [1.82, 2.24) is 9.97 Å². The molecule has 1 aromatic carbocycles. The van der Waals surface area contributed by atoms with Crippen molar-refractivity contribution in [2.24, 2.45) is 5.92 Å². The fraction of sp³-hybridized carbons (Fsp3) is 0.500. The first kappa shape index (κ1) is 18.1. The second-order valence-electron chi connectivity index (χ2n) is 6.82. The Balaban J connectivity index is 1.98. The van der Waals surface area contributed by atoms with Crippen LogP contribution in [0.1, 0.15) is 44.7 Å². The van der Waals surface area contributed by atoms with Crippen molar-refractivity contribution in [3.8, 4) is 6.07 Å². The Bertz CT molecular complexity index is 824. The molecule has 1 fully saturated rings. The lowest BCUT2D eigenvalue weighted by Crippen LogP contribution is -2.25. The van der Waals surface area contributed by atoms with E-state index in [0.717, 1.165) is 37.9 Å². The van der Waals surface area contributed by atoms with E-state index in [1.54, 1.807) is 0 Å². The van der Waals surface area contributed by atoms with Gasteiger partial charge in [-0.25, -0.2) is 9.97 Å². The number of esters is 1. The monoisotopic (exact) mass is 352 g/mol. The minimum Gasteiger partial charge on any atom is -0.464 e. The van der Waals surface area contributed by atoms with Gasteiger partial charge in [0.1, 0.15) is 5.69 Å². The molecule has 0 spiro atoms. The van der Waals surface area contributed by atoms with Crippen molar-refractivity contribution in [2.75, 3.05) is 24.6 Å². The summed E-state index contributed by atoms with van der Waals surface area (Å²) in [6.45, 7) is 6.09. The van der Waals surface area contributed by atoms with E-state index in [0.29, 0.717) is 23.6 Å². The molecule has 0 saturated carbocycles. The van der Waals surface area contributed by atoms with Gasteiger partial charge in [0.25, 0.3) is 0 Å². The average Bonchev–Trinajstić information content (AvgIpc) is 3.20. The van der Waals surface area contributed by atoms with Crippen LogP contribution in [0.15, 0.2) is 24.3 Å². The minimum absolute atomic E-state index is 0.263. The van der Waals surface area contributed by atoms with Crippen LogP contribution in [0, 0.1) is 17.2 Å². The lowest BCUT2D eigenvalue weighted by molar-refractivity contribution is -0.145. The van der Waals surface area contributed by atoms with Gasteiger partial charge in [0.2, 0.25) is 0 Å². The fourth-order valence-electron chi connectivity index (χ4n) is 3.01. The molecule has 2 atom stereocenters. The molecule has 6 nitrogen and oxygen atoms in total. The summed E-state index contributed by atoms with van der Waals surface area (Å²) in [5.41, 5.74) is 1.85. The number of hydrogen-bond acceptors (Lipinski definition) is 6. The topological polar surface area (TPSA) is 79.1 Å². The molecule has 1 aliphatic heterocycles. The fourth-order valence-corrected chi connectivity index (χ4v) is 3.01. The average molecular weight is 352 g/mol. The molecule has 1 aromatic heterocycles. The molecule has 0 bridgehead atoms. The summed E-state index contributed by atoms with van der Waals surface area (Å²) in [5.74, 6) is -0.711. The molecule has 6 heteroatoms. The van der Waals surface area contributed by atoms with Gasteiger partial charge in [-0.3, -0.25) is 4.79 Å². The maximum absolute atomic E-state index is 12.6. The smallest absolute Gasteiger partial charge is 0.329 e. The zero-order chi connectivity index (χ0) is 18.5. The summed E-state index contributed by atoms with van der Waals surface area (Å²) < 4.78 is 5.38. The number of para-hydroxylation sites is 2. The largest absolute Gasteiger partial charge is 0.464 e. The van der Waals surface area contributed by atoms with E-state index >= 15 is 0 Å². The number of anilines is 1. The van der Waals surface area contributed by atoms with Crippen LogP contribution in [0.3, 0.4) is 0 Å². The zero-order valence-corrected chi connectivity index (χ0v) is 15.3. The second kappa shape index (κ2) is 8.13. The van der Waals surface area contributed by atoms with E-state index in [1.165, 1.54) is 0 Å². The Hall–Kier alpha value is -2.68. The van der Waals surface area contributed by atoms with Crippen LogP contribution >= 0.6 is 0 Å². The first-order valence-electron chi connectivity index (χ1n) is 9.22. The first-order chi connectivity index (χ1) is 12.6. The molecule has 0 amide bonds. The van der Waals surface area contributed by atoms with Crippen molar-refractivity contribution >= 4 is 22.8 Å². The Morgan fingerprint density at radius 3 is 2.54 bits per heavy atom. The van der Waals surface area contributed by atoms with Crippen LogP contribution in [-0.4, -0.2) is 35.6 Å². The van der Waals surface area contributed by atoms with E-state index in [2.05, 4.69) is 16.0 Å². The Morgan fingerprint density at radius 2 is 1.92 bits per heavy atom. The van der Waals surface area contributed by atoms with E-state index < -0.39 is 11.9 Å². The second-order valence-corrected chi connectivity index (χ2v) is 6.82. The normalized spacial score (nSPS) is 16.3. The molecular formula is C20H24N4O2. The Morgan fingerprint density at radius 1 is 1.27 bits per heavy atom. The van der Waals surface area contributed by atoms with Crippen LogP contribution in [0.2, 0.25) is 0 Å². The van der Waals surface area contributed by atoms with Crippen molar-refractivity contribution in [2.45, 2.75) is 39.0 Å². The highest BCUT2D eigenvalue weighted by Gasteiger charge is 2.31. The number of nitrogens with zero attached hydrogens (tertiary/aromatic N) is 4. The predicted octanol–water partition coefficient (Wildman–Crippen LogP) is 3.43. The summed E-state index contributed by atoms with van der Waals surface area (Å²) in [7, 11) is 0. The number of benzene rings is 1. The van der Waals surface area contributed by atoms with Gasteiger partial charge in [-0.05, 0) is 30.9 Å². The summed E-state index contributed by atoms with van der Waals surface area (Å²) in [5, 5.41) is 9.67. The van der Waals surface area contributed by atoms with E-state index in [1.807, 2.05) is 38.1 Å². The van der Waals surface area contributed by atoms with Gasteiger partial charge in [-0.2, -0.15) is 5.26 Å². The summed E-state index contributed by atoms with van der Waals surface area (Å²) in [4.78, 5) is 24.0. The molecule has 3 rings (SSSR count). The third-order valence-corrected chi connectivity index (χ3v) is 4.83. The van der Waals surface area contributed by atoms with E-state index in [4.69, 9.17) is 9.72 Å². The number of carbonyl (C=O) groups excluding carboxylic acids is 1. The number of hydrogen-bond donors (Lipinski definition) is 0. The van der Waals surface area contributed by atoms with Crippen molar-refractivity contribution in [3.63, 3.8) is 0 Å². The number of fused-ring (bicyclic) bond motifs is 1. The highest BCUT2D eigenvalue weighted by atomic mass is 16.5. The van der Waals surface area contributed by atoms with Gasteiger partial charge in [-0.15, -0.1) is 0 Å². The van der Waals surface area contributed by atoms with E-state index in [9.17, 15) is 10.1 Å². The Labute approximate surface area is 153 Å². The summed E-state index contributed by atoms with van der Waals surface area (Å²) in [6, 6.07) is 9.61. The van der Waals surface area contributed by atoms with Gasteiger partial charge >= 0.3 is 5.97 Å². The molecule has 0 radical (unpaired) electrons. The molecule has 136 valence electrons. The minimum atomic E-state index is -1.06. The van der Waals surface area contributed by atoms with Gasteiger partial charge in [0.05, 0.1) is 23.7 Å². The van der Waals surface area contributed by atoms with Crippen LogP contribution in [-0.2, 0) is 9.53 Å². The maximum Gasteiger partial charge on any atom is 0.329 e. The lowest BCUT2D eigenvalue weighted by Gasteiger charge is -2.21. The molecule has 0 aliphatic carbocycles. The van der Waals surface area contributed by atoms with Gasteiger partial charge < -0.3 is 9.64 Å². The molecule has 0 unspecified atom stereocenters. The van der Waals surface area contributed by atoms with Crippen LogP contribution < -0.4 is 4.90 Å². The third kappa shape index (κ3) is 3.77. The molecule has 0 N–H and O–H groups in total. The number of ether oxygens (including phenoxy) is 1. The highest BCUT2D eigenvalue weighted by Crippen LogP contribution is 2.30. The number of carbonyl (C=O) groups is 1. The number of nitriles is 1. The standard InChI is InChI=1S/C20H24N4O2/c1-3-14(2)13-26-20(25)15(12-21)18-19(24-10-6-7-11-24)23-17-9-5-4-8-16(17)22-18/h4-5,8-9,14-15H,3,6-7,10-11,13H2,1-2H3/t14-,15+/m0/s1. The predicted molar refractivity (Wildman–Crippen MR) is 99.8 cm³/mol. The maximum atomic E-state index is 12.6. The number of rotatable bonds is 6. The molecule has 2 heterocycles. The van der Waals surface area contributed by atoms with Crippen molar-refractivity contribution in [1.29, 1.82) is 5.26 Å². The first-order valence-corrected chi connectivity index (χ1v) is 9.22. The summed E-state index contributed by atoms with van der Waals surface area (Å²) >= 11 is 0. The third-order valence-electron chi connectivity index (χ3n) is 4.83.